The molecule has 250 valence electrons. The molecule has 45 heavy (non-hydrogen) atoms. The van der Waals surface area contributed by atoms with E-state index in [1.165, 1.54) is 6.07 Å². The first-order chi connectivity index (χ1) is 21.4. The van der Waals surface area contributed by atoms with Gasteiger partial charge in [0.15, 0.2) is 0 Å². The maximum atomic E-state index is 14.1. The molecule has 2 rings (SSSR count). The summed E-state index contributed by atoms with van der Waals surface area (Å²) in [7, 11) is 0. The first-order valence-electron chi connectivity index (χ1n) is 15.7. The predicted octanol–water partition coefficient (Wildman–Crippen LogP) is 4.72. The molecule has 0 aliphatic carbocycles. The van der Waals surface area contributed by atoms with Gasteiger partial charge < -0.3 is 26.0 Å². The summed E-state index contributed by atoms with van der Waals surface area (Å²) in [6.07, 6.45) is 2.78. The number of hydrogen-bond donors (Lipinski definition) is 4. The molecule has 8 nitrogen and oxygen atoms in total. The zero-order chi connectivity index (χ0) is 33.5. The minimum absolute atomic E-state index is 0.0581. The summed E-state index contributed by atoms with van der Waals surface area (Å²) < 4.78 is 28.1. The normalized spacial score (nSPS) is 13.3. The van der Waals surface area contributed by atoms with Crippen molar-refractivity contribution in [3.63, 3.8) is 0 Å². The topological polar surface area (TPSA) is 111 Å². The van der Waals surface area contributed by atoms with E-state index in [2.05, 4.69) is 16.0 Å². The van der Waals surface area contributed by atoms with E-state index in [4.69, 9.17) is 0 Å². The molecule has 0 spiro atoms. The van der Waals surface area contributed by atoms with Crippen LogP contribution in [-0.2, 0) is 11.2 Å². The summed E-state index contributed by atoms with van der Waals surface area (Å²) in [6.45, 7) is 11.4. The Hall–Kier alpha value is -3.02. The van der Waals surface area contributed by atoms with E-state index in [1.54, 1.807) is 35.7 Å². The molecule has 2 aromatic carbocycles. The molecule has 0 saturated carbocycles. The Morgan fingerprint density at radius 2 is 1.56 bits per heavy atom. The highest BCUT2D eigenvalue weighted by molar-refractivity contribution is 7.98. The van der Waals surface area contributed by atoms with E-state index >= 15 is 0 Å². The number of aliphatic hydroxyl groups excluding tert-OH is 1. The summed E-state index contributed by atoms with van der Waals surface area (Å²) in [5, 5.41) is 20.2. The smallest absolute Gasteiger partial charge is 0.253 e. The Balaban J connectivity index is 2.32. The minimum Gasteiger partial charge on any atom is -0.390 e. The van der Waals surface area contributed by atoms with Crippen LogP contribution in [0.3, 0.4) is 0 Å². The third-order valence-electron chi connectivity index (χ3n) is 7.20. The molecule has 2 aromatic rings. The maximum Gasteiger partial charge on any atom is 0.253 e. The van der Waals surface area contributed by atoms with Crippen LogP contribution in [0.1, 0.15) is 78.8 Å². The number of carbonyl (C=O) groups is 3. The number of halogens is 2. The van der Waals surface area contributed by atoms with Crippen molar-refractivity contribution < 1.29 is 28.3 Å². The number of hydrogen-bond acceptors (Lipinski definition) is 6. The molecule has 4 N–H and O–H groups in total. The summed E-state index contributed by atoms with van der Waals surface area (Å²) in [5.41, 5.74) is 1.58. The molecule has 0 unspecified atom stereocenters. The van der Waals surface area contributed by atoms with Gasteiger partial charge >= 0.3 is 0 Å². The molecule has 0 aromatic heterocycles. The summed E-state index contributed by atoms with van der Waals surface area (Å²) in [5.74, 6) is -1.45. The number of nitrogens with one attached hydrogen (secondary N) is 3. The van der Waals surface area contributed by atoms with Crippen LogP contribution < -0.4 is 16.0 Å². The van der Waals surface area contributed by atoms with Gasteiger partial charge in [-0.05, 0) is 92.0 Å². The second kappa shape index (κ2) is 19.5. The van der Waals surface area contributed by atoms with Crippen LogP contribution >= 0.6 is 11.8 Å². The Bertz CT molecular complexity index is 1240. The number of nitrogens with zero attached hydrogens (tertiary/aromatic N) is 1. The van der Waals surface area contributed by atoms with Crippen molar-refractivity contribution in [1.29, 1.82) is 0 Å². The van der Waals surface area contributed by atoms with Crippen LogP contribution in [0, 0.1) is 24.5 Å². The SMILES string of the molecule is CCCN(CCC)C(=O)c1cc(C)cc(C(=O)N[C@@H](Cc2cc(F)cc(F)c2)[C@@H](O)CN[C@@H](CCSC)C(=O)NCC(C)C)c1. The highest BCUT2D eigenvalue weighted by Crippen LogP contribution is 2.16. The van der Waals surface area contributed by atoms with Crippen molar-refractivity contribution in [1.82, 2.24) is 20.9 Å². The average Bonchev–Trinajstić information content (AvgIpc) is 2.98. The van der Waals surface area contributed by atoms with Gasteiger partial charge in [0.1, 0.15) is 11.6 Å². The van der Waals surface area contributed by atoms with Crippen molar-refractivity contribution in [2.45, 2.75) is 78.5 Å². The largest absolute Gasteiger partial charge is 0.390 e. The lowest BCUT2D eigenvalue weighted by atomic mass is 9.99. The molecular formula is C34H50F2N4O4S. The van der Waals surface area contributed by atoms with Gasteiger partial charge in [-0.25, -0.2) is 8.78 Å². The summed E-state index contributed by atoms with van der Waals surface area (Å²) >= 11 is 1.60. The van der Waals surface area contributed by atoms with E-state index in [1.807, 2.05) is 34.0 Å². The standard InChI is InChI=1S/C34H50F2N4O4S/c1-7-10-40(11-8-2)34(44)26-14-23(5)13-25(18-26)32(42)39-30(17-24-15-27(35)19-28(36)16-24)31(41)21-37-29(9-12-45-6)33(43)38-20-22(3)4/h13-16,18-19,22,29-31,37,41H,7-12,17,20-21H2,1-6H3,(H,38,43)(H,39,42)/t29-,30-,31-/m0/s1. The molecule has 0 radical (unpaired) electrons. The van der Waals surface area contributed by atoms with E-state index in [9.17, 15) is 28.3 Å². The number of benzene rings is 2. The third-order valence-corrected chi connectivity index (χ3v) is 7.85. The van der Waals surface area contributed by atoms with Gasteiger partial charge in [0, 0.05) is 43.4 Å². The number of aliphatic hydroxyl groups is 1. The lowest BCUT2D eigenvalue weighted by Crippen LogP contribution is -2.53. The Morgan fingerprint density at radius 1 is 0.933 bits per heavy atom. The number of amides is 3. The molecule has 0 saturated heterocycles. The van der Waals surface area contributed by atoms with Crippen molar-refractivity contribution in [2.24, 2.45) is 5.92 Å². The van der Waals surface area contributed by atoms with Gasteiger partial charge in [-0.3, -0.25) is 14.4 Å². The molecule has 3 atom stereocenters. The molecule has 0 aliphatic heterocycles. The fourth-order valence-electron chi connectivity index (χ4n) is 4.99. The zero-order valence-electron chi connectivity index (χ0n) is 27.4. The molecule has 0 heterocycles. The first kappa shape index (κ1) is 38.2. The summed E-state index contributed by atoms with van der Waals surface area (Å²) in [4.78, 5) is 41.5. The van der Waals surface area contributed by atoms with E-state index in [0.717, 1.165) is 31.0 Å². The second-order valence-corrected chi connectivity index (χ2v) is 12.9. The van der Waals surface area contributed by atoms with Gasteiger partial charge in [-0.15, -0.1) is 0 Å². The molecule has 11 heteroatoms. The van der Waals surface area contributed by atoms with E-state index in [0.29, 0.717) is 42.9 Å². The fraction of sp³-hybridized carbons (Fsp3) is 0.559. The Labute approximate surface area is 271 Å². The molecule has 3 amide bonds. The van der Waals surface area contributed by atoms with Gasteiger partial charge in [-0.2, -0.15) is 11.8 Å². The van der Waals surface area contributed by atoms with Crippen LogP contribution in [0.4, 0.5) is 8.78 Å². The lowest BCUT2D eigenvalue weighted by Gasteiger charge is -2.27. The van der Waals surface area contributed by atoms with Crippen molar-refractivity contribution in [2.75, 3.05) is 38.2 Å². The number of thioether (sulfide) groups is 1. The lowest BCUT2D eigenvalue weighted by molar-refractivity contribution is -0.123. The monoisotopic (exact) mass is 648 g/mol. The maximum absolute atomic E-state index is 14.1. The first-order valence-corrected chi connectivity index (χ1v) is 17.1. The quantitative estimate of drug-likeness (QED) is 0.176. The highest BCUT2D eigenvalue weighted by Gasteiger charge is 2.26. The predicted molar refractivity (Wildman–Crippen MR) is 178 cm³/mol. The minimum atomic E-state index is -1.22. The van der Waals surface area contributed by atoms with E-state index < -0.39 is 35.7 Å². The number of carbonyl (C=O) groups excluding carboxylic acids is 3. The number of rotatable bonds is 19. The highest BCUT2D eigenvalue weighted by atomic mass is 32.2. The zero-order valence-corrected chi connectivity index (χ0v) is 28.2. The molecular weight excluding hydrogens is 598 g/mol. The van der Waals surface area contributed by atoms with Crippen LogP contribution in [0.15, 0.2) is 36.4 Å². The van der Waals surface area contributed by atoms with E-state index in [-0.39, 0.29) is 41.8 Å². The van der Waals surface area contributed by atoms with Crippen LogP contribution in [-0.4, -0.2) is 84.1 Å². The Morgan fingerprint density at radius 3 is 2.13 bits per heavy atom. The van der Waals surface area contributed by atoms with Crippen molar-refractivity contribution in [3.05, 3.63) is 70.3 Å². The fourth-order valence-corrected chi connectivity index (χ4v) is 5.46. The molecule has 0 aliphatic rings. The van der Waals surface area contributed by atoms with Crippen LogP contribution in [0.5, 0.6) is 0 Å². The van der Waals surface area contributed by atoms with Crippen molar-refractivity contribution >= 4 is 29.5 Å². The second-order valence-electron chi connectivity index (χ2n) is 11.9. The number of aryl methyl sites for hydroxylation is 1. The third kappa shape index (κ3) is 13.1. The molecule has 0 fully saturated rings. The average molecular weight is 649 g/mol. The van der Waals surface area contributed by atoms with Crippen LogP contribution in [0.2, 0.25) is 0 Å². The summed E-state index contributed by atoms with van der Waals surface area (Å²) in [6, 6.07) is 6.44. The van der Waals surface area contributed by atoms with Crippen molar-refractivity contribution in [3.8, 4) is 0 Å². The van der Waals surface area contributed by atoms with Gasteiger partial charge in [-0.1, -0.05) is 27.7 Å². The molecule has 0 bridgehead atoms. The van der Waals surface area contributed by atoms with Gasteiger partial charge in [0.05, 0.1) is 18.2 Å². The Kier molecular flexibility index (Phi) is 16.5. The van der Waals surface area contributed by atoms with Gasteiger partial charge in [0.25, 0.3) is 11.8 Å². The van der Waals surface area contributed by atoms with Crippen LogP contribution in [0.25, 0.3) is 0 Å². The van der Waals surface area contributed by atoms with Gasteiger partial charge in [0.2, 0.25) is 5.91 Å².